The van der Waals surface area contributed by atoms with Crippen molar-refractivity contribution >= 4 is 33.2 Å². The number of nitrogens with zero attached hydrogens (tertiary/aromatic N) is 2. The van der Waals surface area contributed by atoms with E-state index in [4.69, 9.17) is 0 Å². The summed E-state index contributed by atoms with van der Waals surface area (Å²) in [6, 6.07) is 36.3. The van der Waals surface area contributed by atoms with Crippen LogP contribution in [0, 0.1) is 11.8 Å². The van der Waals surface area contributed by atoms with Gasteiger partial charge >= 0.3 is 0 Å². The van der Waals surface area contributed by atoms with Gasteiger partial charge in [0.2, 0.25) is 0 Å². The molecule has 0 amide bonds. The minimum absolute atomic E-state index is 0.605. The van der Waals surface area contributed by atoms with Crippen molar-refractivity contribution in [3.05, 3.63) is 103 Å². The average Bonchev–Trinajstić information content (AvgIpc) is 3.18. The second-order valence-electron chi connectivity index (χ2n) is 9.54. The molecular formula is C30H26N2. The van der Waals surface area contributed by atoms with Crippen LogP contribution in [0.4, 0.5) is 11.4 Å². The van der Waals surface area contributed by atoms with Crippen LogP contribution in [-0.2, 0) is 6.42 Å². The molecule has 0 spiro atoms. The topological polar surface area (TPSA) is 8.17 Å². The van der Waals surface area contributed by atoms with E-state index in [1.54, 1.807) is 0 Å². The number of hydrogen-bond donors (Lipinski definition) is 0. The molecule has 3 atom stereocenters. The molecule has 32 heavy (non-hydrogen) atoms. The van der Waals surface area contributed by atoms with Crippen LogP contribution in [0.1, 0.15) is 18.9 Å². The standard InChI is InChI=1S/C30H26N2/c1-20-17-30-26(20)18-21-9-2-5-14-27(21)31(30)22-10-8-11-23(19-22)32-28-15-6-3-12-24(28)25-13-4-7-16-29(25)32/h2-16,19-20,26,30H,17-18H2,1H3. The molecule has 0 N–H and O–H groups in total. The highest BCUT2D eigenvalue weighted by molar-refractivity contribution is 6.09. The van der Waals surface area contributed by atoms with E-state index < -0.39 is 0 Å². The molecule has 1 aliphatic carbocycles. The molecule has 2 nitrogen and oxygen atoms in total. The van der Waals surface area contributed by atoms with Gasteiger partial charge in [0.25, 0.3) is 0 Å². The maximum atomic E-state index is 2.63. The molecule has 1 fully saturated rings. The van der Waals surface area contributed by atoms with Crippen molar-refractivity contribution < 1.29 is 0 Å². The maximum Gasteiger partial charge on any atom is 0.0541 e. The SMILES string of the molecule is CC1CC2C1Cc1ccccc1N2c1cccc(-n2c3ccccc3c3ccccc32)c1. The Morgan fingerprint density at radius 1 is 0.688 bits per heavy atom. The molecule has 156 valence electrons. The minimum Gasteiger partial charge on any atom is -0.338 e. The van der Waals surface area contributed by atoms with E-state index in [-0.39, 0.29) is 0 Å². The number of rotatable bonds is 2. The van der Waals surface area contributed by atoms with E-state index in [9.17, 15) is 0 Å². The highest BCUT2D eigenvalue weighted by atomic mass is 15.2. The van der Waals surface area contributed by atoms with E-state index in [0.29, 0.717) is 6.04 Å². The van der Waals surface area contributed by atoms with Gasteiger partial charge in [-0.25, -0.2) is 0 Å². The predicted octanol–water partition coefficient (Wildman–Crippen LogP) is 7.50. The van der Waals surface area contributed by atoms with Crippen LogP contribution >= 0.6 is 0 Å². The lowest BCUT2D eigenvalue weighted by Crippen LogP contribution is -2.53. The summed E-state index contributed by atoms with van der Waals surface area (Å²) in [6.45, 7) is 2.42. The Bertz CT molecular complexity index is 1420. The summed E-state index contributed by atoms with van der Waals surface area (Å²) in [5, 5.41) is 2.62. The lowest BCUT2D eigenvalue weighted by molar-refractivity contribution is 0.144. The molecule has 1 aromatic heterocycles. The van der Waals surface area contributed by atoms with E-state index in [1.807, 2.05) is 0 Å². The minimum atomic E-state index is 0.605. The largest absolute Gasteiger partial charge is 0.338 e. The second kappa shape index (κ2) is 6.74. The van der Waals surface area contributed by atoms with Crippen LogP contribution in [0.3, 0.4) is 0 Å². The molecule has 0 bridgehead atoms. The van der Waals surface area contributed by atoms with Crippen LogP contribution in [-0.4, -0.2) is 10.6 Å². The normalized spacial score (nSPS) is 21.9. The van der Waals surface area contributed by atoms with Crippen molar-refractivity contribution in [1.82, 2.24) is 4.57 Å². The summed E-state index contributed by atoms with van der Waals surface area (Å²) in [6.07, 6.45) is 2.49. The van der Waals surface area contributed by atoms with Crippen LogP contribution in [0.15, 0.2) is 97.1 Å². The molecule has 2 aliphatic rings. The van der Waals surface area contributed by atoms with Gasteiger partial charge in [-0.3, -0.25) is 0 Å². The lowest BCUT2D eigenvalue weighted by Gasteiger charge is -2.54. The molecule has 0 radical (unpaired) electrons. The van der Waals surface area contributed by atoms with Gasteiger partial charge in [0, 0.05) is 33.9 Å². The average molecular weight is 415 g/mol. The molecule has 3 unspecified atom stereocenters. The Kier molecular flexibility index (Phi) is 3.81. The molecular weight excluding hydrogens is 388 g/mol. The van der Waals surface area contributed by atoms with Crippen LogP contribution in [0.2, 0.25) is 0 Å². The van der Waals surface area contributed by atoms with Crippen molar-refractivity contribution in [2.24, 2.45) is 11.8 Å². The van der Waals surface area contributed by atoms with Crippen LogP contribution < -0.4 is 4.90 Å². The summed E-state index contributed by atoms with van der Waals surface area (Å²) >= 11 is 0. The first-order chi connectivity index (χ1) is 15.8. The Morgan fingerprint density at radius 3 is 2.09 bits per heavy atom. The summed E-state index contributed by atoms with van der Waals surface area (Å²) in [7, 11) is 0. The predicted molar refractivity (Wildman–Crippen MR) is 134 cm³/mol. The third-order valence-electron chi connectivity index (χ3n) is 7.82. The molecule has 1 aliphatic heterocycles. The zero-order chi connectivity index (χ0) is 21.2. The number of hydrogen-bond acceptors (Lipinski definition) is 1. The van der Waals surface area contributed by atoms with Crippen molar-refractivity contribution in [3.63, 3.8) is 0 Å². The van der Waals surface area contributed by atoms with Gasteiger partial charge in [-0.15, -0.1) is 0 Å². The van der Waals surface area contributed by atoms with E-state index in [0.717, 1.165) is 11.8 Å². The van der Waals surface area contributed by atoms with E-state index in [1.165, 1.54) is 57.3 Å². The Hall–Kier alpha value is -3.52. The van der Waals surface area contributed by atoms with E-state index in [2.05, 4.69) is 113 Å². The molecule has 2 heterocycles. The molecule has 1 saturated carbocycles. The number of anilines is 2. The zero-order valence-electron chi connectivity index (χ0n) is 18.3. The summed E-state index contributed by atoms with van der Waals surface area (Å²) < 4.78 is 2.42. The third kappa shape index (κ3) is 2.47. The van der Waals surface area contributed by atoms with Gasteiger partial charge < -0.3 is 9.47 Å². The number of fused-ring (bicyclic) bond motifs is 5. The van der Waals surface area contributed by atoms with Gasteiger partial charge in [-0.1, -0.05) is 67.6 Å². The van der Waals surface area contributed by atoms with Gasteiger partial charge in [0.05, 0.1) is 11.0 Å². The van der Waals surface area contributed by atoms with Gasteiger partial charge in [0.15, 0.2) is 0 Å². The van der Waals surface area contributed by atoms with Gasteiger partial charge in [-0.05, 0) is 66.6 Å². The lowest BCUT2D eigenvalue weighted by atomic mass is 9.64. The van der Waals surface area contributed by atoms with Crippen LogP contribution in [0.5, 0.6) is 0 Å². The molecule has 2 heteroatoms. The summed E-state index contributed by atoms with van der Waals surface area (Å²) in [4.78, 5) is 2.63. The fourth-order valence-electron chi connectivity index (χ4n) is 6.21. The highest BCUT2D eigenvalue weighted by Crippen LogP contribution is 2.50. The Balaban J connectivity index is 1.43. The summed E-state index contributed by atoms with van der Waals surface area (Å²) in [5.74, 6) is 1.55. The quantitative estimate of drug-likeness (QED) is 0.290. The van der Waals surface area contributed by atoms with Crippen molar-refractivity contribution in [3.8, 4) is 5.69 Å². The highest BCUT2D eigenvalue weighted by Gasteiger charge is 2.45. The number of benzene rings is 4. The number of para-hydroxylation sites is 3. The zero-order valence-corrected chi connectivity index (χ0v) is 18.3. The van der Waals surface area contributed by atoms with Crippen molar-refractivity contribution in [1.29, 1.82) is 0 Å². The third-order valence-corrected chi connectivity index (χ3v) is 7.82. The Morgan fingerprint density at radius 2 is 1.34 bits per heavy atom. The summed E-state index contributed by atoms with van der Waals surface area (Å²) in [5.41, 5.74) is 7.94. The fraction of sp³-hybridized carbons (Fsp3) is 0.200. The molecule has 0 saturated heterocycles. The molecule has 4 aromatic carbocycles. The first-order valence-corrected chi connectivity index (χ1v) is 11.8. The smallest absolute Gasteiger partial charge is 0.0541 e. The van der Waals surface area contributed by atoms with Crippen LogP contribution in [0.25, 0.3) is 27.5 Å². The monoisotopic (exact) mass is 414 g/mol. The van der Waals surface area contributed by atoms with Crippen molar-refractivity contribution in [2.75, 3.05) is 4.90 Å². The maximum absolute atomic E-state index is 2.63. The number of aromatic nitrogens is 1. The fourth-order valence-corrected chi connectivity index (χ4v) is 6.21. The first kappa shape index (κ1) is 18.1. The molecule has 7 rings (SSSR count). The van der Waals surface area contributed by atoms with Gasteiger partial charge in [0.1, 0.15) is 0 Å². The second-order valence-corrected chi connectivity index (χ2v) is 9.54. The van der Waals surface area contributed by atoms with Crippen molar-refractivity contribution in [2.45, 2.75) is 25.8 Å². The molecule has 5 aromatic rings. The van der Waals surface area contributed by atoms with Gasteiger partial charge in [-0.2, -0.15) is 0 Å². The van der Waals surface area contributed by atoms with E-state index >= 15 is 0 Å². The first-order valence-electron chi connectivity index (χ1n) is 11.8. The Labute approximate surface area is 188 Å².